The van der Waals surface area contributed by atoms with E-state index < -0.39 is 14.9 Å². The van der Waals surface area contributed by atoms with Crippen LogP contribution in [0, 0.1) is 10.1 Å². The van der Waals surface area contributed by atoms with Crippen LogP contribution in [-0.2, 0) is 10.0 Å². The van der Waals surface area contributed by atoms with Crippen molar-refractivity contribution < 1.29 is 18.1 Å². The maximum absolute atomic E-state index is 12.4. The fourth-order valence-electron chi connectivity index (χ4n) is 1.76. The van der Waals surface area contributed by atoms with Crippen LogP contribution in [0.5, 0.6) is 5.75 Å². The molecule has 1 N–H and O–H groups in total. The van der Waals surface area contributed by atoms with Crippen LogP contribution in [0.25, 0.3) is 0 Å². The second kappa shape index (κ2) is 6.61. The number of halogens is 2. The summed E-state index contributed by atoms with van der Waals surface area (Å²) in [6, 6.07) is 7.44. The minimum atomic E-state index is -4.06. The average Bonchev–Trinajstić information content (AvgIpc) is 2.49. The highest BCUT2D eigenvalue weighted by Gasteiger charge is 2.23. The Labute approximate surface area is 142 Å². The zero-order valence-corrected chi connectivity index (χ0v) is 13.9. The van der Waals surface area contributed by atoms with Gasteiger partial charge in [-0.3, -0.25) is 14.8 Å². The molecule has 122 valence electrons. The number of non-ortho nitro benzene ring substituents is 1. The van der Waals surface area contributed by atoms with Gasteiger partial charge in [-0.05, 0) is 24.3 Å². The highest BCUT2D eigenvalue weighted by atomic mass is 35.5. The minimum Gasteiger partial charge on any atom is -0.495 e. The Bertz CT molecular complexity index is 871. The van der Waals surface area contributed by atoms with Gasteiger partial charge in [0.2, 0.25) is 0 Å². The van der Waals surface area contributed by atoms with E-state index in [1.54, 1.807) is 0 Å². The number of ether oxygens (including phenoxy) is 1. The van der Waals surface area contributed by atoms with Crippen molar-refractivity contribution in [3.63, 3.8) is 0 Å². The van der Waals surface area contributed by atoms with E-state index in [9.17, 15) is 18.5 Å². The van der Waals surface area contributed by atoms with Gasteiger partial charge in [-0.15, -0.1) is 0 Å². The van der Waals surface area contributed by atoms with Crippen LogP contribution in [0.3, 0.4) is 0 Å². The molecule has 10 heteroatoms. The molecule has 0 amide bonds. The molecule has 0 unspecified atom stereocenters. The van der Waals surface area contributed by atoms with Crippen molar-refractivity contribution in [2.24, 2.45) is 0 Å². The molecule has 2 aromatic carbocycles. The van der Waals surface area contributed by atoms with Crippen molar-refractivity contribution in [3.05, 3.63) is 56.6 Å². The number of benzene rings is 2. The van der Waals surface area contributed by atoms with Gasteiger partial charge >= 0.3 is 0 Å². The fourth-order valence-corrected chi connectivity index (χ4v) is 3.51. The molecule has 0 radical (unpaired) electrons. The van der Waals surface area contributed by atoms with Crippen LogP contribution >= 0.6 is 23.2 Å². The van der Waals surface area contributed by atoms with Crippen molar-refractivity contribution in [2.75, 3.05) is 11.8 Å². The lowest BCUT2D eigenvalue weighted by atomic mass is 10.3. The Kier molecular flexibility index (Phi) is 4.98. The lowest BCUT2D eigenvalue weighted by Crippen LogP contribution is -2.14. The van der Waals surface area contributed by atoms with Crippen LogP contribution in [0.1, 0.15) is 0 Å². The fraction of sp³-hybridized carbons (Fsp3) is 0.0769. The van der Waals surface area contributed by atoms with E-state index in [1.807, 2.05) is 0 Å². The summed E-state index contributed by atoms with van der Waals surface area (Å²) in [5.74, 6) is -0.156. The molecule has 23 heavy (non-hydrogen) atoms. The van der Waals surface area contributed by atoms with E-state index in [2.05, 4.69) is 4.72 Å². The Morgan fingerprint density at radius 2 is 1.87 bits per heavy atom. The number of rotatable bonds is 5. The topological polar surface area (TPSA) is 98.5 Å². The maximum atomic E-state index is 12.4. The predicted molar refractivity (Wildman–Crippen MR) is 86.9 cm³/mol. The largest absolute Gasteiger partial charge is 0.495 e. The summed E-state index contributed by atoms with van der Waals surface area (Å²) in [5.41, 5.74) is -0.165. The number of nitro groups is 1. The number of methoxy groups -OCH3 is 1. The summed E-state index contributed by atoms with van der Waals surface area (Å²) < 4.78 is 32.1. The normalized spacial score (nSPS) is 11.1. The van der Waals surface area contributed by atoms with Crippen molar-refractivity contribution in [3.8, 4) is 5.75 Å². The zero-order chi connectivity index (χ0) is 17.2. The van der Waals surface area contributed by atoms with Gasteiger partial charge in [0.1, 0.15) is 10.6 Å². The lowest BCUT2D eigenvalue weighted by Gasteiger charge is -2.12. The van der Waals surface area contributed by atoms with Crippen LogP contribution in [0.2, 0.25) is 10.0 Å². The Balaban J connectivity index is 2.45. The van der Waals surface area contributed by atoms with Crippen LogP contribution in [0.15, 0.2) is 41.3 Å². The first-order valence-electron chi connectivity index (χ1n) is 6.05. The smallest absolute Gasteiger partial charge is 0.273 e. The second-order valence-corrected chi connectivity index (χ2v) is 6.82. The Morgan fingerprint density at radius 1 is 1.17 bits per heavy atom. The molecule has 0 saturated carbocycles. The minimum absolute atomic E-state index is 0.113. The summed E-state index contributed by atoms with van der Waals surface area (Å²) in [4.78, 5) is 9.85. The first kappa shape index (κ1) is 17.3. The standard InChI is InChI=1S/C13H10Cl2N2O5S/c1-22-12-7-9(17(18)19)3-5-13(12)23(20,21)16-11-4-2-8(14)6-10(11)15/h2-7,16H,1H3. The van der Waals surface area contributed by atoms with Gasteiger partial charge < -0.3 is 4.74 Å². The summed E-state index contributed by atoms with van der Waals surface area (Å²) >= 11 is 11.7. The molecule has 2 aromatic rings. The molecule has 0 aliphatic heterocycles. The molecule has 0 aliphatic rings. The third-order valence-corrected chi connectivity index (χ3v) is 4.78. The Morgan fingerprint density at radius 3 is 2.43 bits per heavy atom. The highest BCUT2D eigenvalue weighted by molar-refractivity contribution is 7.92. The van der Waals surface area contributed by atoms with E-state index in [0.29, 0.717) is 5.02 Å². The molecule has 0 aromatic heterocycles. The van der Waals surface area contributed by atoms with Crippen molar-refractivity contribution in [1.82, 2.24) is 0 Å². The number of nitrogens with one attached hydrogen (secondary N) is 1. The maximum Gasteiger partial charge on any atom is 0.273 e. The summed E-state index contributed by atoms with van der Waals surface area (Å²) in [5, 5.41) is 11.2. The number of hydrogen-bond acceptors (Lipinski definition) is 5. The highest BCUT2D eigenvalue weighted by Crippen LogP contribution is 2.32. The molecule has 0 fully saturated rings. The molecule has 7 nitrogen and oxygen atoms in total. The number of nitro benzene ring substituents is 1. The van der Waals surface area contributed by atoms with E-state index in [0.717, 1.165) is 18.2 Å². The van der Waals surface area contributed by atoms with Crippen LogP contribution < -0.4 is 9.46 Å². The third-order valence-electron chi connectivity index (χ3n) is 2.82. The first-order chi connectivity index (χ1) is 10.7. The average molecular weight is 377 g/mol. The monoisotopic (exact) mass is 376 g/mol. The lowest BCUT2D eigenvalue weighted by molar-refractivity contribution is -0.385. The number of hydrogen-bond donors (Lipinski definition) is 1. The zero-order valence-electron chi connectivity index (χ0n) is 11.6. The van der Waals surface area contributed by atoms with Crippen molar-refractivity contribution in [2.45, 2.75) is 4.90 Å². The number of nitrogens with zero attached hydrogens (tertiary/aromatic N) is 1. The molecule has 0 atom stereocenters. The molecule has 0 saturated heterocycles. The van der Waals surface area contributed by atoms with Crippen LogP contribution in [0.4, 0.5) is 11.4 Å². The van der Waals surface area contributed by atoms with Gasteiger partial charge in [0.15, 0.2) is 0 Å². The van der Waals surface area contributed by atoms with Gasteiger partial charge in [-0.25, -0.2) is 8.42 Å². The van der Waals surface area contributed by atoms with Crippen molar-refractivity contribution >= 4 is 44.6 Å². The van der Waals surface area contributed by atoms with Crippen LogP contribution in [-0.4, -0.2) is 20.5 Å². The predicted octanol–water partition coefficient (Wildman–Crippen LogP) is 3.71. The molecular formula is C13H10Cl2N2O5S. The van der Waals surface area contributed by atoms with E-state index in [-0.39, 0.29) is 27.0 Å². The third kappa shape index (κ3) is 3.84. The summed E-state index contributed by atoms with van der Waals surface area (Å²) in [6.45, 7) is 0. The second-order valence-electron chi connectivity index (χ2n) is 4.32. The van der Waals surface area contributed by atoms with Crippen molar-refractivity contribution in [1.29, 1.82) is 0 Å². The first-order valence-corrected chi connectivity index (χ1v) is 8.29. The number of sulfonamides is 1. The Hall–Kier alpha value is -2.03. The van der Waals surface area contributed by atoms with Gasteiger partial charge in [0.05, 0.1) is 28.8 Å². The molecule has 0 spiro atoms. The quantitative estimate of drug-likeness (QED) is 0.633. The molecule has 0 bridgehead atoms. The van der Waals surface area contributed by atoms with Gasteiger partial charge in [0, 0.05) is 11.1 Å². The molecular weight excluding hydrogens is 367 g/mol. The van der Waals surface area contributed by atoms with E-state index >= 15 is 0 Å². The van der Waals surface area contributed by atoms with E-state index in [1.165, 1.54) is 25.3 Å². The number of anilines is 1. The summed E-state index contributed by atoms with van der Waals surface area (Å²) in [6.07, 6.45) is 0. The van der Waals surface area contributed by atoms with E-state index in [4.69, 9.17) is 27.9 Å². The van der Waals surface area contributed by atoms with Gasteiger partial charge in [-0.1, -0.05) is 23.2 Å². The molecule has 0 aliphatic carbocycles. The molecule has 2 rings (SSSR count). The molecule has 0 heterocycles. The van der Waals surface area contributed by atoms with Gasteiger partial charge in [0.25, 0.3) is 15.7 Å². The summed E-state index contributed by atoms with van der Waals surface area (Å²) in [7, 11) is -2.84. The van der Waals surface area contributed by atoms with Gasteiger partial charge in [-0.2, -0.15) is 0 Å². The SMILES string of the molecule is COc1cc([N+](=O)[O-])ccc1S(=O)(=O)Nc1ccc(Cl)cc1Cl.